The number of rotatable bonds is 4. The number of hydrogen-bond donors (Lipinski definition) is 2. The van der Waals surface area contributed by atoms with Gasteiger partial charge in [0.25, 0.3) is 0 Å². The Balaban J connectivity index is 1.81. The van der Waals surface area contributed by atoms with E-state index in [1.807, 2.05) is 30.3 Å². The summed E-state index contributed by atoms with van der Waals surface area (Å²) in [7, 11) is 0. The molecule has 0 saturated carbocycles. The Morgan fingerprint density at radius 3 is 2.61 bits per heavy atom. The van der Waals surface area contributed by atoms with Crippen LogP contribution in [0.4, 0.5) is 10.3 Å². The Morgan fingerprint density at radius 1 is 1.03 bits per heavy atom. The fraction of sp³-hybridized carbons (Fsp3) is 0.0476. The summed E-state index contributed by atoms with van der Waals surface area (Å²) in [4.78, 5) is 21.6. The number of nitrogens with zero attached hydrogens (tertiary/aromatic N) is 6. The van der Waals surface area contributed by atoms with E-state index in [0.29, 0.717) is 22.5 Å². The lowest BCUT2D eigenvalue weighted by Gasteiger charge is -2.07. The van der Waals surface area contributed by atoms with Crippen molar-refractivity contribution in [2.75, 3.05) is 5.73 Å². The topological polar surface area (TPSA) is 119 Å². The predicted octanol–water partition coefficient (Wildman–Crippen LogP) is 1.60. The molecule has 0 aliphatic heterocycles. The largest absolute Gasteiger partial charge is 0.428 e. The zero-order chi connectivity index (χ0) is 21.4. The van der Waals surface area contributed by atoms with E-state index in [2.05, 4.69) is 25.3 Å². The minimum Gasteiger partial charge on any atom is -0.319 e. The molecule has 4 aromatic heterocycles. The first-order valence-electron chi connectivity index (χ1n) is 9.39. The van der Waals surface area contributed by atoms with E-state index in [9.17, 15) is 9.18 Å². The Kier molecular flexibility index (Phi) is 4.43. The van der Waals surface area contributed by atoms with Crippen LogP contribution in [-0.4, -0.2) is 29.9 Å². The van der Waals surface area contributed by atoms with E-state index in [0.717, 1.165) is 5.56 Å². The summed E-state index contributed by atoms with van der Waals surface area (Å²) in [5.41, 5.74) is 8.91. The number of aromatic nitrogens is 7. The van der Waals surface area contributed by atoms with Crippen LogP contribution in [0, 0.1) is 5.82 Å². The van der Waals surface area contributed by atoms with Crippen molar-refractivity contribution in [3.8, 4) is 22.4 Å². The van der Waals surface area contributed by atoms with Crippen LogP contribution in [0.1, 0.15) is 5.69 Å². The molecule has 0 atom stereocenters. The zero-order valence-corrected chi connectivity index (χ0v) is 16.1. The van der Waals surface area contributed by atoms with Gasteiger partial charge in [-0.25, -0.2) is 14.3 Å². The normalized spacial score (nSPS) is 11.1. The summed E-state index contributed by atoms with van der Waals surface area (Å²) < 4.78 is 16.6. The van der Waals surface area contributed by atoms with Crippen LogP contribution in [0.3, 0.4) is 0 Å². The van der Waals surface area contributed by atoms with Crippen molar-refractivity contribution in [2.45, 2.75) is 6.54 Å². The number of halogens is 1. The molecule has 5 rings (SSSR count). The average molecular weight is 415 g/mol. The summed E-state index contributed by atoms with van der Waals surface area (Å²) in [5.74, 6) is -0.506. The lowest BCUT2D eigenvalue weighted by molar-refractivity contribution is -0.516. The molecule has 0 unspecified atom stereocenters. The van der Waals surface area contributed by atoms with Gasteiger partial charge in [0, 0.05) is 17.3 Å². The van der Waals surface area contributed by atoms with Gasteiger partial charge in [-0.1, -0.05) is 30.3 Å². The smallest absolute Gasteiger partial charge is 0.319 e. The van der Waals surface area contributed by atoms with Crippen LogP contribution in [0.5, 0.6) is 0 Å². The molecule has 31 heavy (non-hydrogen) atoms. The van der Waals surface area contributed by atoms with Crippen molar-refractivity contribution in [1.82, 2.24) is 29.9 Å². The Morgan fingerprint density at radius 2 is 1.87 bits per heavy atom. The van der Waals surface area contributed by atoms with Gasteiger partial charge in [0.05, 0.1) is 18.0 Å². The molecule has 0 amide bonds. The van der Waals surface area contributed by atoms with E-state index in [-0.39, 0.29) is 18.2 Å². The summed E-state index contributed by atoms with van der Waals surface area (Å²) in [6, 6.07) is 14.0. The molecule has 0 radical (unpaired) electrons. The van der Waals surface area contributed by atoms with Gasteiger partial charge in [0.15, 0.2) is 0 Å². The number of hydrogen-bond acceptors (Lipinski definition) is 6. The molecule has 4 heterocycles. The summed E-state index contributed by atoms with van der Waals surface area (Å²) in [6.07, 6.45) is 4.60. The van der Waals surface area contributed by atoms with Crippen LogP contribution < -0.4 is 15.8 Å². The predicted molar refractivity (Wildman–Crippen MR) is 110 cm³/mol. The molecule has 152 valence electrons. The maximum atomic E-state index is 14.1. The van der Waals surface area contributed by atoms with Gasteiger partial charge in [-0.2, -0.15) is 14.9 Å². The van der Waals surface area contributed by atoms with Gasteiger partial charge in [-0.3, -0.25) is 4.98 Å². The number of anilines is 1. The van der Waals surface area contributed by atoms with Crippen molar-refractivity contribution in [1.29, 1.82) is 0 Å². The number of nitrogens with two attached hydrogens (primary N) is 1. The first-order chi connectivity index (χ1) is 15.1. The number of aromatic amines is 1. The average Bonchev–Trinajstić information content (AvgIpc) is 3.13. The lowest BCUT2D eigenvalue weighted by Crippen LogP contribution is -2.44. The molecule has 0 saturated heterocycles. The highest BCUT2D eigenvalue weighted by Crippen LogP contribution is 2.31. The Labute approximate surface area is 174 Å². The number of benzene rings is 1. The highest BCUT2D eigenvalue weighted by Gasteiger charge is 2.26. The minimum absolute atomic E-state index is 0.00103. The van der Waals surface area contributed by atoms with Crippen molar-refractivity contribution in [2.24, 2.45) is 0 Å². The summed E-state index contributed by atoms with van der Waals surface area (Å²) >= 11 is 0. The molecule has 10 heteroatoms. The van der Waals surface area contributed by atoms with Crippen molar-refractivity contribution in [3.05, 3.63) is 89.1 Å². The number of nitrogens with one attached hydrogen (secondary N) is 1. The molecule has 0 aliphatic rings. The monoisotopic (exact) mass is 415 g/mol. The first kappa shape index (κ1) is 18.6. The number of nitrogen functional groups attached to an aromatic ring is 1. The highest BCUT2D eigenvalue weighted by molar-refractivity contribution is 5.88. The molecule has 5 aromatic rings. The molecule has 0 bridgehead atoms. The summed E-state index contributed by atoms with van der Waals surface area (Å²) in [6.45, 7) is -0.0959. The van der Waals surface area contributed by atoms with Crippen LogP contribution in [-0.2, 0) is 6.54 Å². The van der Waals surface area contributed by atoms with Gasteiger partial charge in [0.1, 0.15) is 23.7 Å². The van der Waals surface area contributed by atoms with Gasteiger partial charge in [0.2, 0.25) is 5.65 Å². The third-order valence-corrected chi connectivity index (χ3v) is 4.88. The van der Waals surface area contributed by atoms with E-state index in [4.69, 9.17) is 5.73 Å². The first-order valence-corrected chi connectivity index (χ1v) is 9.39. The SMILES string of the molecule is Nc1nc(-c2ccccc2)c(-c2ccnnc2)c2[nH]n(Cc3ncccc3F)c(=O)[n+]12. The molecule has 0 spiro atoms. The molecule has 9 nitrogen and oxygen atoms in total. The highest BCUT2D eigenvalue weighted by atomic mass is 19.1. The van der Waals surface area contributed by atoms with Crippen molar-refractivity contribution in [3.63, 3.8) is 0 Å². The lowest BCUT2D eigenvalue weighted by atomic mass is 10.0. The second-order valence-corrected chi connectivity index (χ2v) is 6.79. The van der Waals surface area contributed by atoms with Crippen LogP contribution in [0.2, 0.25) is 0 Å². The maximum Gasteiger partial charge on any atom is 0.428 e. The van der Waals surface area contributed by atoms with E-state index >= 15 is 0 Å². The third kappa shape index (κ3) is 3.19. The van der Waals surface area contributed by atoms with E-state index in [1.54, 1.807) is 18.5 Å². The second kappa shape index (κ2) is 7.41. The van der Waals surface area contributed by atoms with Crippen molar-refractivity contribution >= 4 is 11.6 Å². The van der Waals surface area contributed by atoms with Crippen molar-refractivity contribution < 1.29 is 8.79 Å². The van der Waals surface area contributed by atoms with Gasteiger partial charge in [-0.15, -0.1) is 9.38 Å². The molecular formula is C21H16FN8O+. The number of H-pyrrole nitrogens is 1. The molecule has 3 N–H and O–H groups in total. The quantitative estimate of drug-likeness (QED) is 0.430. The summed E-state index contributed by atoms with van der Waals surface area (Å²) in [5, 5.41) is 10.8. The molecular weight excluding hydrogens is 399 g/mol. The second-order valence-electron chi connectivity index (χ2n) is 6.79. The maximum absolute atomic E-state index is 14.1. The molecule has 1 aromatic carbocycles. The number of pyridine rings is 1. The van der Waals surface area contributed by atoms with Crippen LogP contribution >= 0.6 is 0 Å². The standard InChI is InChI=1S/C21H15FN8O/c22-15-7-4-9-24-16(15)12-29-21(31)30-19(28-29)17(14-8-10-25-26-11-14)18(27-20(30)23)13-5-2-1-3-6-13/h1-11H,12H2,(H2,23,25,27,28)/p+1. The zero-order valence-electron chi connectivity index (χ0n) is 16.1. The molecule has 0 aliphatic carbocycles. The van der Waals surface area contributed by atoms with E-state index < -0.39 is 11.5 Å². The fourth-order valence-corrected chi connectivity index (χ4v) is 3.46. The number of fused-ring (bicyclic) bond motifs is 1. The Hall–Kier alpha value is -4.47. The fourth-order valence-electron chi connectivity index (χ4n) is 3.46. The van der Waals surface area contributed by atoms with Gasteiger partial charge in [-0.05, 0) is 18.2 Å². The van der Waals surface area contributed by atoms with Crippen LogP contribution in [0.15, 0.2) is 71.9 Å². The molecule has 0 fully saturated rings. The van der Waals surface area contributed by atoms with Gasteiger partial charge >= 0.3 is 11.6 Å². The van der Waals surface area contributed by atoms with E-state index in [1.165, 1.54) is 27.4 Å². The van der Waals surface area contributed by atoms with Crippen LogP contribution in [0.25, 0.3) is 28.0 Å². The van der Waals surface area contributed by atoms with Gasteiger partial charge < -0.3 is 5.73 Å². The Bertz CT molecular complexity index is 1450. The third-order valence-electron chi connectivity index (χ3n) is 4.88. The minimum atomic E-state index is -0.507.